The van der Waals surface area contributed by atoms with Crippen molar-refractivity contribution in [2.24, 2.45) is 0 Å². The molecular weight excluding hydrogens is 256 g/mol. The highest BCUT2D eigenvalue weighted by molar-refractivity contribution is 7.09. The van der Waals surface area contributed by atoms with Gasteiger partial charge in [-0.3, -0.25) is 0 Å². The lowest BCUT2D eigenvalue weighted by atomic mass is 10.1. The fraction of sp³-hybridized carbons (Fsp3) is 0.400. The van der Waals surface area contributed by atoms with Crippen molar-refractivity contribution in [3.8, 4) is 5.75 Å². The molecule has 2 rings (SSSR count). The van der Waals surface area contributed by atoms with Crippen molar-refractivity contribution in [1.29, 1.82) is 0 Å². The summed E-state index contributed by atoms with van der Waals surface area (Å²) < 4.78 is 5.14. The summed E-state index contributed by atoms with van der Waals surface area (Å²) in [6, 6.07) is 8.25. The van der Waals surface area contributed by atoms with E-state index in [1.807, 2.05) is 19.1 Å². The molecule has 0 radical (unpaired) electrons. The number of rotatable bonds is 7. The molecular formula is C15H20N2OS. The van der Waals surface area contributed by atoms with Crippen molar-refractivity contribution >= 4 is 11.3 Å². The van der Waals surface area contributed by atoms with Crippen LogP contribution < -0.4 is 10.1 Å². The van der Waals surface area contributed by atoms with Gasteiger partial charge in [0, 0.05) is 24.0 Å². The van der Waals surface area contributed by atoms with E-state index >= 15 is 0 Å². The Labute approximate surface area is 118 Å². The quantitative estimate of drug-likeness (QED) is 0.790. The largest absolute Gasteiger partial charge is 0.497 e. The van der Waals surface area contributed by atoms with Gasteiger partial charge in [0.15, 0.2) is 0 Å². The summed E-state index contributed by atoms with van der Waals surface area (Å²) in [6.45, 7) is 4.02. The van der Waals surface area contributed by atoms with Crippen LogP contribution in [0.1, 0.15) is 16.3 Å². The van der Waals surface area contributed by atoms with Crippen LogP contribution >= 0.6 is 11.3 Å². The Balaban J connectivity index is 1.63. The van der Waals surface area contributed by atoms with Crippen LogP contribution in [0.4, 0.5) is 0 Å². The minimum Gasteiger partial charge on any atom is -0.497 e. The fourth-order valence-corrected chi connectivity index (χ4v) is 2.64. The molecule has 0 saturated heterocycles. The van der Waals surface area contributed by atoms with Crippen LogP contribution in [0.5, 0.6) is 5.75 Å². The lowest BCUT2D eigenvalue weighted by Gasteiger charge is -2.05. The van der Waals surface area contributed by atoms with Gasteiger partial charge in [-0.1, -0.05) is 12.1 Å². The molecule has 1 N–H and O–H groups in total. The summed E-state index contributed by atoms with van der Waals surface area (Å²) in [5.41, 5.74) is 2.46. The van der Waals surface area contributed by atoms with Crippen LogP contribution in [-0.4, -0.2) is 25.2 Å². The molecule has 1 heterocycles. The van der Waals surface area contributed by atoms with Crippen molar-refractivity contribution < 1.29 is 4.74 Å². The van der Waals surface area contributed by atoms with Gasteiger partial charge in [0.2, 0.25) is 0 Å². The molecule has 0 bridgehead atoms. The van der Waals surface area contributed by atoms with Gasteiger partial charge in [-0.25, -0.2) is 4.98 Å². The molecule has 1 aromatic carbocycles. The lowest BCUT2D eigenvalue weighted by Crippen LogP contribution is -2.20. The van der Waals surface area contributed by atoms with E-state index in [9.17, 15) is 0 Å². The van der Waals surface area contributed by atoms with Gasteiger partial charge in [0.1, 0.15) is 5.75 Å². The molecule has 0 aliphatic rings. The molecule has 0 fully saturated rings. The number of methoxy groups -OCH3 is 1. The van der Waals surface area contributed by atoms with Gasteiger partial charge >= 0.3 is 0 Å². The number of hydrogen-bond donors (Lipinski definition) is 1. The van der Waals surface area contributed by atoms with Crippen molar-refractivity contribution in [2.75, 3.05) is 20.2 Å². The second-order valence-corrected chi connectivity index (χ2v) is 5.42. The zero-order chi connectivity index (χ0) is 13.5. The van der Waals surface area contributed by atoms with Gasteiger partial charge in [-0.05, 0) is 37.6 Å². The van der Waals surface area contributed by atoms with Crippen LogP contribution in [0.2, 0.25) is 0 Å². The van der Waals surface area contributed by atoms with Gasteiger partial charge in [-0.2, -0.15) is 0 Å². The topological polar surface area (TPSA) is 34.1 Å². The Bertz CT molecular complexity index is 493. The SMILES string of the molecule is COc1ccc(CCNCCc2nc(C)cs2)cc1. The van der Waals surface area contributed by atoms with E-state index < -0.39 is 0 Å². The third-order valence-electron chi connectivity index (χ3n) is 2.93. The zero-order valence-corrected chi connectivity index (χ0v) is 12.3. The molecule has 0 aliphatic heterocycles. The first-order chi connectivity index (χ1) is 9.28. The second kappa shape index (κ2) is 7.26. The van der Waals surface area contributed by atoms with E-state index in [-0.39, 0.29) is 0 Å². The number of aromatic nitrogens is 1. The van der Waals surface area contributed by atoms with E-state index in [4.69, 9.17) is 4.74 Å². The number of nitrogens with zero attached hydrogens (tertiary/aromatic N) is 1. The van der Waals surface area contributed by atoms with Gasteiger partial charge in [0.05, 0.1) is 12.1 Å². The van der Waals surface area contributed by atoms with E-state index in [1.54, 1.807) is 18.4 Å². The number of aryl methyl sites for hydroxylation is 1. The molecule has 0 saturated carbocycles. The van der Waals surface area contributed by atoms with E-state index in [2.05, 4.69) is 27.8 Å². The number of benzene rings is 1. The Kier molecular flexibility index (Phi) is 5.36. The number of hydrogen-bond acceptors (Lipinski definition) is 4. The molecule has 1 aromatic heterocycles. The third-order valence-corrected chi connectivity index (χ3v) is 3.96. The summed E-state index contributed by atoms with van der Waals surface area (Å²) in [7, 11) is 1.69. The summed E-state index contributed by atoms with van der Waals surface area (Å²) in [5, 5.41) is 6.78. The molecule has 102 valence electrons. The lowest BCUT2D eigenvalue weighted by molar-refractivity contribution is 0.414. The molecule has 4 heteroatoms. The van der Waals surface area contributed by atoms with E-state index in [0.29, 0.717) is 0 Å². The molecule has 0 amide bonds. The maximum Gasteiger partial charge on any atom is 0.118 e. The fourth-order valence-electron chi connectivity index (χ4n) is 1.86. The standard InChI is InChI=1S/C15H20N2OS/c1-12-11-19-15(17-12)8-10-16-9-7-13-3-5-14(18-2)6-4-13/h3-6,11,16H,7-10H2,1-2H3. The minimum atomic E-state index is 0.913. The van der Waals surface area contributed by atoms with Crippen LogP contribution in [-0.2, 0) is 12.8 Å². The van der Waals surface area contributed by atoms with Gasteiger partial charge in [0.25, 0.3) is 0 Å². The van der Waals surface area contributed by atoms with Crippen molar-refractivity contribution in [3.63, 3.8) is 0 Å². The molecule has 19 heavy (non-hydrogen) atoms. The van der Waals surface area contributed by atoms with Crippen LogP contribution in [0, 0.1) is 6.92 Å². The first-order valence-electron chi connectivity index (χ1n) is 6.52. The monoisotopic (exact) mass is 276 g/mol. The highest BCUT2D eigenvalue weighted by Gasteiger charge is 1.98. The Hall–Kier alpha value is -1.39. The predicted octanol–water partition coefficient (Wildman–Crippen LogP) is 2.83. The van der Waals surface area contributed by atoms with Crippen molar-refractivity contribution in [2.45, 2.75) is 19.8 Å². The Morgan fingerprint density at radius 2 is 1.89 bits per heavy atom. The Morgan fingerprint density at radius 3 is 2.53 bits per heavy atom. The summed E-state index contributed by atoms with van der Waals surface area (Å²) in [4.78, 5) is 4.45. The average Bonchev–Trinajstić information content (AvgIpc) is 2.85. The maximum absolute atomic E-state index is 5.14. The summed E-state index contributed by atoms with van der Waals surface area (Å²) in [5.74, 6) is 0.913. The van der Waals surface area contributed by atoms with Gasteiger partial charge in [-0.15, -0.1) is 11.3 Å². The highest BCUT2D eigenvalue weighted by Crippen LogP contribution is 2.11. The van der Waals surface area contributed by atoms with E-state index in [1.165, 1.54) is 10.6 Å². The Morgan fingerprint density at radius 1 is 1.16 bits per heavy atom. The normalized spacial score (nSPS) is 10.6. The maximum atomic E-state index is 5.14. The first kappa shape index (κ1) is 14.0. The van der Waals surface area contributed by atoms with Crippen LogP contribution in [0.15, 0.2) is 29.6 Å². The molecule has 0 spiro atoms. The van der Waals surface area contributed by atoms with E-state index in [0.717, 1.165) is 37.4 Å². The molecule has 0 atom stereocenters. The van der Waals surface area contributed by atoms with Crippen LogP contribution in [0.3, 0.4) is 0 Å². The molecule has 0 aliphatic carbocycles. The number of ether oxygens (including phenoxy) is 1. The molecule has 3 nitrogen and oxygen atoms in total. The van der Waals surface area contributed by atoms with Crippen molar-refractivity contribution in [3.05, 3.63) is 45.9 Å². The molecule has 0 unspecified atom stereocenters. The third kappa shape index (κ3) is 4.65. The predicted molar refractivity (Wildman–Crippen MR) is 80.1 cm³/mol. The first-order valence-corrected chi connectivity index (χ1v) is 7.40. The smallest absolute Gasteiger partial charge is 0.118 e. The zero-order valence-electron chi connectivity index (χ0n) is 11.5. The number of thiazole rings is 1. The number of nitrogens with one attached hydrogen (secondary N) is 1. The highest BCUT2D eigenvalue weighted by atomic mass is 32.1. The second-order valence-electron chi connectivity index (χ2n) is 4.48. The van der Waals surface area contributed by atoms with Crippen molar-refractivity contribution in [1.82, 2.24) is 10.3 Å². The summed E-state index contributed by atoms with van der Waals surface area (Å²) in [6.07, 6.45) is 2.06. The minimum absolute atomic E-state index is 0.913. The van der Waals surface area contributed by atoms with Gasteiger partial charge < -0.3 is 10.1 Å². The van der Waals surface area contributed by atoms with Crippen LogP contribution in [0.25, 0.3) is 0 Å². The molecule has 2 aromatic rings. The summed E-state index contributed by atoms with van der Waals surface area (Å²) >= 11 is 1.74. The average molecular weight is 276 g/mol.